The highest BCUT2D eigenvalue weighted by Gasteiger charge is 2.15. The molecule has 0 atom stereocenters. The molecule has 2 aromatic rings. The molecule has 1 amide bonds. The third-order valence-electron chi connectivity index (χ3n) is 3.11. The van der Waals surface area contributed by atoms with Crippen molar-refractivity contribution in [2.24, 2.45) is 0 Å². The van der Waals surface area contributed by atoms with Gasteiger partial charge in [-0.05, 0) is 38.8 Å². The van der Waals surface area contributed by atoms with Crippen LogP contribution in [0.5, 0.6) is 0 Å². The van der Waals surface area contributed by atoms with Crippen molar-refractivity contribution in [3.8, 4) is 0 Å². The molecule has 0 aliphatic carbocycles. The molecule has 2 rings (SSSR count). The molecule has 0 aliphatic rings. The van der Waals surface area contributed by atoms with Crippen LogP contribution < -0.4 is 5.32 Å². The minimum atomic E-state index is -0.0860. The summed E-state index contributed by atoms with van der Waals surface area (Å²) >= 11 is 0. The molecule has 5 nitrogen and oxygen atoms in total. The number of imidazole rings is 1. The number of hydrogen-bond donors (Lipinski definition) is 1. The number of carbonyl (C=O) groups excluding carboxylic acids is 1. The quantitative estimate of drug-likeness (QED) is 0.821. The van der Waals surface area contributed by atoms with Crippen LogP contribution in [0.4, 0.5) is 0 Å². The maximum Gasteiger partial charge on any atom is 0.270 e. The van der Waals surface area contributed by atoms with E-state index in [0.29, 0.717) is 25.5 Å². The summed E-state index contributed by atoms with van der Waals surface area (Å²) in [5, 5.41) is 2.92. The van der Waals surface area contributed by atoms with Gasteiger partial charge in [0, 0.05) is 26.0 Å². The van der Waals surface area contributed by atoms with Crippen LogP contribution in [0.2, 0.25) is 0 Å². The number of fused-ring (bicyclic) bond motifs is 1. The Bertz CT molecular complexity index is 604. The molecule has 108 valence electrons. The average Bonchev–Trinajstić information content (AvgIpc) is 2.73. The minimum absolute atomic E-state index is 0.0860. The molecule has 0 fully saturated rings. The molecule has 0 aliphatic heterocycles. The number of aromatic nitrogens is 2. The van der Waals surface area contributed by atoms with Crippen LogP contribution in [0, 0.1) is 13.8 Å². The van der Waals surface area contributed by atoms with Crippen LogP contribution in [0.15, 0.2) is 18.3 Å². The van der Waals surface area contributed by atoms with Gasteiger partial charge in [-0.15, -0.1) is 0 Å². The maximum absolute atomic E-state index is 12.3. The van der Waals surface area contributed by atoms with E-state index in [-0.39, 0.29) is 5.91 Å². The van der Waals surface area contributed by atoms with E-state index >= 15 is 0 Å². The van der Waals surface area contributed by atoms with E-state index in [4.69, 9.17) is 4.74 Å². The predicted molar refractivity (Wildman–Crippen MR) is 78.1 cm³/mol. The first-order valence-corrected chi connectivity index (χ1v) is 6.94. The summed E-state index contributed by atoms with van der Waals surface area (Å²) in [6, 6.07) is 3.92. The van der Waals surface area contributed by atoms with Crippen LogP contribution in [0.3, 0.4) is 0 Å². The minimum Gasteiger partial charge on any atom is -0.382 e. The number of nitrogens with one attached hydrogen (secondary N) is 1. The van der Waals surface area contributed by atoms with Gasteiger partial charge in [0.2, 0.25) is 0 Å². The first-order chi connectivity index (χ1) is 9.63. The topological polar surface area (TPSA) is 55.6 Å². The highest BCUT2D eigenvalue weighted by Crippen LogP contribution is 2.13. The molecular formula is C15H21N3O2. The lowest BCUT2D eigenvalue weighted by Crippen LogP contribution is -2.27. The summed E-state index contributed by atoms with van der Waals surface area (Å²) in [6.07, 6.45) is 2.75. The second-order valence-electron chi connectivity index (χ2n) is 4.79. The lowest BCUT2D eigenvalue weighted by molar-refractivity contribution is 0.0938. The molecule has 0 radical (unpaired) electrons. The Hall–Kier alpha value is -1.88. The molecule has 0 saturated carbocycles. The number of ether oxygens (including phenoxy) is 1. The van der Waals surface area contributed by atoms with Gasteiger partial charge in [0.25, 0.3) is 5.91 Å². The largest absolute Gasteiger partial charge is 0.382 e. The van der Waals surface area contributed by atoms with Crippen LogP contribution in [-0.4, -0.2) is 35.1 Å². The maximum atomic E-state index is 12.3. The zero-order valence-corrected chi connectivity index (χ0v) is 12.3. The number of carbonyl (C=O) groups is 1. The number of pyridine rings is 1. The lowest BCUT2D eigenvalue weighted by atomic mass is 10.3. The summed E-state index contributed by atoms with van der Waals surface area (Å²) < 4.78 is 7.10. The fraction of sp³-hybridized carbons (Fsp3) is 0.467. The fourth-order valence-electron chi connectivity index (χ4n) is 2.15. The Kier molecular flexibility index (Phi) is 4.74. The van der Waals surface area contributed by atoms with E-state index in [2.05, 4.69) is 10.3 Å². The van der Waals surface area contributed by atoms with E-state index in [1.165, 1.54) is 0 Å². The van der Waals surface area contributed by atoms with Gasteiger partial charge in [0.05, 0.1) is 5.69 Å². The fourth-order valence-corrected chi connectivity index (χ4v) is 2.15. The van der Waals surface area contributed by atoms with E-state index in [0.717, 1.165) is 23.3 Å². The summed E-state index contributed by atoms with van der Waals surface area (Å²) in [4.78, 5) is 16.7. The van der Waals surface area contributed by atoms with E-state index in [1.54, 1.807) is 0 Å². The summed E-state index contributed by atoms with van der Waals surface area (Å²) in [5.41, 5.74) is 3.26. The smallest absolute Gasteiger partial charge is 0.270 e. The molecule has 0 aromatic carbocycles. The zero-order chi connectivity index (χ0) is 14.5. The lowest BCUT2D eigenvalue weighted by Gasteiger charge is -2.06. The van der Waals surface area contributed by atoms with Gasteiger partial charge in [-0.1, -0.05) is 6.07 Å². The zero-order valence-electron chi connectivity index (χ0n) is 12.3. The van der Waals surface area contributed by atoms with Gasteiger partial charge in [-0.2, -0.15) is 0 Å². The Labute approximate surface area is 119 Å². The Balaban J connectivity index is 2.09. The van der Waals surface area contributed by atoms with Crippen LogP contribution in [0.1, 0.15) is 35.1 Å². The molecule has 5 heteroatoms. The monoisotopic (exact) mass is 275 g/mol. The molecule has 20 heavy (non-hydrogen) atoms. The van der Waals surface area contributed by atoms with Crippen molar-refractivity contribution in [3.63, 3.8) is 0 Å². The average molecular weight is 275 g/mol. The van der Waals surface area contributed by atoms with Gasteiger partial charge in [-0.3, -0.25) is 9.20 Å². The van der Waals surface area contributed by atoms with Crippen molar-refractivity contribution < 1.29 is 9.53 Å². The standard InChI is InChI=1S/C15H21N3O2/c1-4-20-9-5-8-16-15(19)14-12(3)17-13-7-6-11(2)10-18(13)14/h6-7,10H,4-5,8-9H2,1-3H3,(H,16,19). The van der Waals surface area contributed by atoms with Crippen molar-refractivity contribution >= 4 is 11.6 Å². The summed E-state index contributed by atoms with van der Waals surface area (Å²) in [6.45, 7) is 7.80. The van der Waals surface area contributed by atoms with E-state index in [9.17, 15) is 4.79 Å². The highest BCUT2D eigenvalue weighted by molar-refractivity contribution is 5.94. The predicted octanol–water partition coefficient (Wildman–Crippen LogP) is 2.11. The second kappa shape index (κ2) is 6.52. The number of rotatable bonds is 6. The SMILES string of the molecule is CCOCCCNC(=O)c1c(C)nc2ccc(C)cn12. The number of aryl methyl sites for hydroxylation is 2. The number of amides is 1. The molecule has 0 spiro atoms. The van der Waals surface area contributed by atoms with Gasteiger partial charge in [0.15, 0.2) is 0 Å². The normalized spacial score (nSPS) is 10.9. The summed E-state index contributed by atoms with van der Waals surface area (Å²) in [7, 11) is 0. The van der Waals surface area contributed by atoms with Crippen molar-refractivity contribution in [2.45, 2.75) is 27.2 Å². The van der Waals surface area contributed by atoms with Gasteiger partial charge >= 0.3 is 0 Å². The molecular weight excluding hydrogens is 254 g/mol. The first kappa shape index (κ1) is 14.5. The Morgan fingerprint density at radius 2 is 2.20 bits per heavy atom. The molecule has 2 aromatic heterocycles. The van der Waals surface area contributed by atoms with E-state index in [1.807, 2.05) is 43.5 Å². The van der Waals surface area contributed by atoms with Crippen LogP contribution in [0.25, 0.3) is 5.65 Å². The van der Waals surface area contributed by atoms with Crippen molar-refractivity contribution in [2.75, 3.05) is 19.8 Å². The van der Waals surface area contributed by atoms with Crippen LogP contribution >= 0.6 is 0 Å². The second-order valence-corrected chi connectivity index (χ2v) is 4.79. The van der Waals surface area contributed by atoms with E-state index < -0.39 is 0 Å². The van der Waals surface area contributed by atoms with Gasteiger partial charge < -0.3 is 10.1 Å². The van der Waals surface area contributed by atoms with Gasteiger partial charge in [-0.25, -0.2) is 4.98 Å². The molecule has 0 saturated heterocycles. The Morgan fingerprint density at radius 3 is 2.95 bits per heavy atom. The van der Waals surface area contributed by atoms with Crippen molar-refractivity contribution in [1.82, 2.24) is 14.7 Å². The Morgan fingerprint density at radius 1 is 1.40 bits per heavy atom. The molecule has 0 unspecified atom stereocenters. The van der Waals surface area contributed by atoms with Crippen molar-refractivity contribution in [3.05, 3.63) is 35.3 Å². The third kappa shape index (κ3) is 3.17. The van der Waals surface area contributed by atoms with Crippen molar-refractivity contribution in [1.29, 1.82) is 0 Å². The number of hydrogen-bond acceptors (Lipinski definition) is 3. The molecule has 2 heterocycles. The first-order valence-electron chi connectivity index (χ1n) is 6.94. The molecule has 1 N–H and O–H groups in total. The van der Waals surface area contributed by atoms with Crippen LogP contribution in [-0.2, 0) is 4.74 Å². The summed E-state index contributed by atoms with van der Waals surface area (Å²) in [5.74, 6) is -0.0860. The third-order valence-corrected chi connectivity index (χ3v) is 3.11. The van der Waals surface area contributed by atoms with Gasteiger partial charge in [0.1, 0.15) is 11.3 Å². The number of nitrogens with zero attached hydrogens (tertiary/aromatic N) is 2. The highest BCUT2D eigenvalue weighted by atomic mass is 16.5. The molecule has 0 bridgehead atoms.